The van der Waals surface area contributed by atoms with Crippen LogP contribution in [0, 0.1) is 19.8 Å². The van der Waals surface area contributed by atoms with Gasteiger partial charge in [-0.15, -0.1) is 11.3 Å². The molecule has 0 bridgehead atoms. The second-order valence-electron chi connectivity index (χ2n) is 4.79. The van der Waals surface area contributed by atoms with Crippen LogP contribution in [0.1, 0.15) is 30.3 Å². The SMILES string of the molecule is Cc1nc(NC(=O)C2CC(C)CCN2)sc1C. The van der Waals surface area contributed by atoms with E-state index in [0.717, 1.165) is 30.0 Å². The molecule has 0 saturated carbocycles. The van der Waals surface area contributed by atoms with Gasteiger partial charge in [-0.2, -0.15) is 0 Å². The minimum Gasteiger partial charge on any atom is -0.306 e. The number of hydrogen-bond acceptors (Lipinski definition) is 4. The summed E-state index contributed by atoms with van der Waals surface area (Å²) in [5.74, 6) is 0.664. The predicted octanol–water partition coefficient (Wildman–Crippen LogP) is 2.09. The Bertz CT molecular complexity index is 396. The topological polar surface area (TPSA) is 54.0 Å². The average molecular weight is 253 g/mol. The van der Waals surface area contributed by atoms with E-state index in [1.54, 1.807) is 0 Å². The van der Waals surface area contributed by atoms with Crippen molar-refractivity contribution in [3.63, 3.8) is 0 Å². The third-order valence-electron chi connectivity index (χ3n) is 3.24. The number of aromatic nitrogens is 1. The van der Waals surface area contributed by atoms with Crippen molar-refractivity contribution < 1.29 is 4.79 Å². The average Bonchev–Trinajstić information content (AvgIpc) is 2.58. The Hall–Kier alpha value is -0.940. The highest BCUT2D eigenvalue weighted by Crippen LogP contribution is 2.22. The van der Waals surface area contributed by atoms with Gasteiger partial charge in [0.15, 0.2) is 5.13 Å². The van der Waals surface area contributed by atoms with Gasteiger partial charge in [0.05, 0.1) is 11.7 Å². The molecule has 4 nitrogen and oxygen atoms in total. The first-order valence-electron chi connectivity index (χ1n) is 6.04. The number of nitrogens with one attached hydrogen (secondary N) is 2. The molecule has 2 N–H and O–H groups in total. The van der Waals surface area contributed by atoms with Gasteiger partial charge in [-0.3, -0.25) is 4.79 Å². The number of rotatable bonds is 2. The Labute approximate surface area is 106 Å². The minimum atomic E-state index is -0.0664. The summed E-state index contributed by atoms with van der Waals surface area (Å²) in [6.07, 6.45) is 2.06. The first kappa shape index (κ1) is 12.5. The third kappa shape index (κ3) is 3.04. The molecule has 0 aliphatic carbocycles. The van der Waals surface area contributed by atoms with Gasteiger partial charge in [-0.25, -0.2) is 4.98 Å². The van der Waals surface area contributed by atoms with Crippen LogP contribution in [0.2, 0.25) is 0 Å². The fourth-order valence-electron chi connectivity index (χ4n) is 2.03. The fraction of sp³-hybridized carbons (Fsp3) is 0.667. The maximum Gasteiger partial charge on any atom is 0.243 e. The summed E-state index contributed by atoms with van der Waals surface area (Å²) in [6, 6.07) is -0.0664. The molecule has 2 unspecified atom stereocenters. The van der Waals surface area contributed by atoms with Crippen molar-refractivity contribution in [1.29, 1.82) is 0 Å². The van der Waals surface area contributed by atoms with Crippen LogP contribution in [0.3, 0.4) is 0 Å². The standard InChI is InChI=1S/C12H19N3OS/c1-7-4-5-13-10(6-7)11(16)15-12-14-8(2)9(3)17-12/h7,10,13H,4-6H2,1-3H3,(H,14,15,16). The Morgan fingerprint density at radius 3 is 2.88 bits per heavy atom. The molecule has 1 amide bonds. The van der Waals surface area contributed by atoms with Gasteiger partial charge >= 0.3 is 0 Å². The Morgan fingerprint density at radius 2 is 2.29 bits per heavy atom. The van der Waals surface area contributed by atoms with Crippen molar-refractivity contribution in [1.82, 2.24) is 10.3 Å². The smallest absolute Gasteiger partial charge is 0.243 e. The molecule has 1 fully saturated rings. The summed E-state index contributed by atoms with van der Waals surface area (Å²) >= 11 is 1.54. The highest BCUT2D eigenvalue weighted by Gasteiger charge is 2.25. The molecule has 2 rings (SSSR count). The highest BCUT2D eigenvalue weighted by atomic mass is 32.1. The molecule has 2 heterocycles. The summed E-state index contributed by atoms with van der Waals surface area (Å²) in [5.41, 5.74) is 0.996. The first-order chi connectivity index (χ1) is 8.06. The number of amides is 1. The second kappa shape index (κ2) is 5.14. The Kier molecular flexibility index (Phi) is 3.79. The molecule has 0 spiro atoms. The molecule has 2 atom stereocenters. The largest absolute Gasteiger partial charge is 0.306 e. The molecule has 1 aliphatic rings. The monoisotopic (exact) mass is 253 g/mol. The molecular weight excluding hydrogens is 234 g/mol. The predicted molar refractivity (Wildman–Crippen MR) is 70.4 cm³/mol. The van der Waals surface area contributed by atoms with E-state index in [4.69, 9.17) is 0 Å². The number of carbonyl (C=O) groups excluding carboxylic acids is 1. The van der Waals surface area contributed by atoms with Crippen LogP contribution >= 0.6 is 11.3 Å². The quantitative estimate of drug-likeness (QED) is 0.848. The maximum atomic E-state index is 12.0. The number of nitrogens with zero attached hydrogens (tertiary/aromatic N) is 1. The summed E-state index contributed by atoms with van der Waals surface area (Å²) in [5, 5.41) is 6.87. The lowest BCUT2D eigenvalue weighted by molar-refractivity contribution is -0.119. The summed E-state index contributed by atoms with van der Waals surface area (Å²) in [4.78, 5) is 17.5. The zero-order valence-corrected chi connectivity index (χ0v) is 11.4. The van der Waals surface area contributed by atoms with E-state index in [0.29, 0.717) is 11.0 Å². The van der Waals surface area contributed by atoms with Crippen LogP contribution in [0.15, 0.2) is 0 Å². The number of anilines is 1. The number of piperidine rings is 1. The van der Waals surface area contributed by atoms with Gasteiger partial charge in [0, 0.05) is 4.88 Å². The Morgan fingerprint density at radius 1 is 1.53 bits per heavy atom. The van der Waals surface area contributed by atoms with Crippen LogP contribution < -0.4 is 10.6 Å². The van der Waals surface area contributed by atoms with E-state index in [-0.39, 0.29) is 11.9 Å². The molecule has 17 heavy (non-hydrogen) atoms. The van der Waals surface area contributed by atoms with Gasteiger partial charge in [-0.1, -0.05) is 6.92 Å². The Balaban J connectivity index is 1.96. The minimum absolute atomic E-state index is 0.0466. The summed E-state index contributed by atoms with van der Waals surface area (Å²) in [6.45, 7) is 7.10. The van der Waals surface area contributed by atoms with E-state index in [1.807, 2.05) is 13.8 Å². The molecular formula is C12H19N3OS. The van der Waals surface area contributed by atoms with E-state index in [2.05, 4.69) is 22.5 Å². The number of thiazole rings is 1. The van der Waals surface area contributed by atoms with Crippen LogP contribution in [0.25, 0.3) is 0 Å². The molecule has 1 aromatic heterocycles. The van der Waals surface area contributed by atoms with E-state index < -0.39 is 0 Å². The molecule has 1 aromatic rings. The van der Waals surface area contributed by atoms with Crippen molar-refractivity contribution in [2.45, 2.75) is 39.7 Å². The van der Waals surface area contributed by atoms with Crippen molar-refractivity contribution in [3.8, 4) is 0 Å². The molecule has 0 aromatic carbocycles. The van der Waals surface area contributed by atoms with Crippen LogP contribution in [-0.2, 0) is 4.79 Å². The zero-order valence-electron chi connectivity index (χ0n) is 10.5. The third-order valence-corrected chi connectivity index (χ3v) is 4.23. The van der Waals surface area contributed by atoms with Crippen molar-refractivity contribution in [3.05, 3.63) is 10.6 Å². The summed E-state index contributed by atoms with van der Waals surface area (Å²) in [7, 11) is 0. The van der Waals surface area contributed by atoms with Crippen molar-refractivity contribution in [2.75, 3.05) is 11.9 Å². The van der Waals surface area contributed by atoms with Gasteiger partial charge in [0.2, 0.25) is 5.91 Å². The van der Waals surface area contributed by atoms with E-state index >= 15 is 0 Å². The lowest BCUT2D eigenvalue weighted by Crippen LogP contribution is -2.45. The van der Waals surface area contributed by atoms with Gasteiger partial charge in [0.25, 0.3) is 0 Å². The molecule has 1 saturated heterocycles. The lowest BCUT2D eigenvalue weighted by Gasteiger charge is -2.26. The van der Waals surface area contributed by atoms with Gasteiger partial charge in [0.1, 0.15) is 0 Å². The normalized spacial score (nSPS) is 24.6. The van der Waals surface area contributed by atoms with Crippen LogP contribution in [0.5, 0.6) is 0 Å². The molecule has 94 valence electrons. The fourth-order valence-corrected chi connectivity index (χ4v) is 2.84. The molecule has 5 heteroatoms. The van der Waals surface area contributed by atoms with Crippen LogP contribution in [0.4, 0.5) is 5.13 Å². The van der Waals surface area contributed by atoms with Crippen molar-refractivity contribution in [2.24, 2.45) is 5.92 Å². The highest BCUT2D eigenvalue weighted by molar-refractivity contribution is 7.15. The lowest BCUT2D eigenvalue weighted by atomic mass is 9.94. The first-order valence-corrected chi connectivity index (χ1v) is 6.86. The van der Waals surface area contributed by atoms with Crippen molar-refractivity contribution >= 4 is 22.4 Å². The number of aryl methyl sites for hydroxylation is 2. The number of carbonyl (C=O) groups is 1. The molecule has 1 aliphatic heterocycles. The summed E-state index contributed by atoms with van der Waals surface area (Å²) < 4.78 is 0. The number of hydrogen-bond donors (Lipinski definition) is 2. The maximum absolute atomic E-state index is 12.0. The van der Waals surface area contributed by atoms with Gasteiger partial charge < -0.3 is 10.6 Å². The van der Waals surface area contributed by atoms with E-state index in [1.165, 1.54) is 11.3 Å². The van der Waals surface area contributed by atoms with Crippen LogP contribution in [-0.4, -0.2) is 23.5 Å². The zero-order chi connectivity index (χ0) is 12.4. The molecule has 0 radical (unpaired) electrons. The van der Waals surface area contributed by atoms with E-state index in [9.17, 15) is 4.79 Å². The van der Waals surface area contributed by atoms with Gasteiger partial charge in [-0.05, 0) is 39.2 Å². The second-order valence-corrected chi connectivity index (χ2v) is 5.99.